The van der Waals surface area contributed by atoms with Gasteiger partial charge in [0.15, 0.2) is 11.6 Å². The van der Waals surface area contributed by atoms with Gasteiger partial charge < -0.3 is 15.2 Å². The quantitative estimate of drug-likeness (QED) is 0.879. The predicted octanol–water partition coefficient (Wildman–Crippen LogP) is 3.82. The van der Waals surface area contributed by atoms with Crippen LogP contribution in [-0.4, -0.2) is 7.11 Å². The van der Waals surface area contributed by atoms with Crippen molar-refractivity contribution in [1.29, 1.82) is 0 Å². The average Bonchev–Trinajstić information content (AvgIpc) is 2.53. The predicted molar refractivity (Wildman–Crippen MR) is 80.9 cm³/mol. The Labute approximate surface area is 124 Å². The second-order valence-electron chi connectivity index (χ2n) is 4.81. The lowest BCUT2D eigenvalue weighted by Crippen LogP contribution is -2.08. The summed E-state index contributed by atoms with van der Waals surface area (Å²) in [6.45, 7) is 2.20. The molecule has 21 heavy (non-hydrogen) atoms. The van der Waals surface area contributed by atoms with Gasteiger partial charge in [0.1, 0.15) is 12.4 Å². The summed E-state index contributed by atoms with van der Waals surface area (Å²) in [6.07, 6.45) is 0.884. The van der Waals surface area contributed by atoms with E-state index >= 15 is 0 Å². The van der Waals surface area contributed by atoms with E-state index in [9.17, 15) is 4.39 Å². The topological polar surface area (TPSA) is 44.5 Å². The van der Waals surface area contributed by atoms with Gasteiger partial charge in [-0.3, -0.25) is 0 Å². The molecular weight excluding hydrogens is 269 g/mol. The third kappa shape index (κ3) is 3.73. The molecule has 1 atom stereocenters. The Kier molecular flexibility index (Phi) is 5.17. The van der Waals surface area contributed by atoms with E-state index in [1.54, 1.807) is 18.2 Å². The van der Waals surface area contributed by atoms with Crippen LogP contribution in [0.1, 0.15) is 30.5 Å². The van der Waals surface area contributed by atoms with Gasteiger partial charge in [0.2, 0.25) is 0 Å². The highest BCUT2D eigenvalue weighted by Gasteiger charge is 2.09. The molecule has 2 N–H and O–H groups in total. The van der Waals surface area contributed by atoms with E-state index in [4.69, 9.17) is 15.2 Å². The van der Waals surface area contributed by atoms with Crippen molar-refractivity contribution < 1.29 is 13.9 Å². The zero-order chi connectivity index (χ0) is 15.2. The van der Waals surface area contributed by atoms with Crippen LogP contribution in [-0.2, 0) is 6.61 Å². The van der Waals surface area contributed by atoms with E-state index in [2.05, 4.69) is 0 Å². The lowest BCUT2D eigenvalue weighted by Gasteiger charge is -2.12. The van der Waals surface area contributed by atoms with E-state index in [1.165, 1.54) is 7.11 Å². The maximum absolute atomic E-state index is 14.0. The third-order valence-electron chi connectivity index (χ3n) is 3.41. The lowest BCUT2D eigenvalue weighted by atomic mass is 10.1. The van der Waals surface area contributed by atoms with Crippen molar-refractivity contribution in [3.8, 4) is 11.5 Å². The normalized spacial score (nSPS) is 12.0. The summed E-state index contributed by atoms with van der Waals surface area (Å²) in [5.41, 5.74) is 7.49. The average molecular weight is 289 g/mol. The monoisotopic (exact) mass is 289 g/mol. The van der Waals surface area contributed by atoms with Crippen LogP contribution in [0.5, 0.6) is 11.5 Å². The van der Waals surface area contributed by atoms with Crippen LogP contribution in [0.4, 0.5) is 4.39 Å². The molecule has 0 saturated carbocycles. The zero-order valence-corrected chi connectivity index (χ0v) is 12.3. The highest BCUT2D eigenvalue weighted by atomic mass is 19.1. The first kappa shape index (κ1) is 15.3. The number of hydrogen-bond acceptors (Lipinski definition) is 3. The van der Waals surface area contributed by atoms with Gasteiger partial charge in [-0.15, -0.1) is 0 Å². The van der Waals surface area contributed by atoms with Gasteiger partial charge in [-0.2, -0.15) is 0 Å². The smallest absolute Gasteiger partial charge is 0.171 e. The SMILES string of the molecule is CC[C@@H](N)c1ccc(OCc2cccc(OC)c2F)cc1. The van der Waals surface area contributed by atoms with Gasteiger partial charge in [-0.05, 0) is 30.2 Å². The van der Waals surface area contributed by atoms with Gasteiger partial charge in [0.25, 0.3) is 0 Å². The fourth-order valence-corrected chi connectivity index (χ4v) is 2.03. The lowest BCUT2D eigenvalue weighted by molar-refractivity contribution is 0.295. The summed E-state index contributed by atoms with van der Waals surface area (Å²) in [5, 5.41) is 0. The second-order valence-corrected chi connectivity index (χ2v) is 4.81. The molecule has 0 fully saturated rings. The fraction of sp³-hybridized carbons (Fsp3) is 0.294. The Morgan fingerprint density at radius 1 is 1.14 bits per heavy atom. The molecule has 0 aliphatic rings. The number of hydrogen-bond donors (Lipinski definition) is 1. The van der Waals surface area contributed by atoms with Gasteiger partial charge in [-0.25, -0.2) is 4.39 Å². The van der Waals surface area contributed by atoms with E-state index in [0.29, 0.717) is 11.3 Å². The van der Waals surface area contributed by atoms with Crippen molar-refractivity contribution in [3.63, 3.8) is 0 Å². The Morgan fingerprint density at radius 3 is 2.48 bits per heavy atom. The third-order valence-corrected chi connectivity index (χ3v) is 3.41. The number of nitrogens with two attached hydrogens (primary N) is 1. The van der Waals surface area contributed by atoms with E-state index in [0.717, 1.165) is 12.0 Å². The minimum atomic E-state index is -0.385. The first-order valence-corrected chi connectivity index (χ1v) is 6.95. The van der Waals surface area contributed by atoms with E-state index in [1.807, 2.05) is 31.2 Å². The Morgan fingerprint density at radius 2 is 1.86 bits per heavy atom. The Balaban J connectivity index is 2.03. The summed E-state index contributed by atoms with van der Waals surface area (Å²) >= 11 is 0. The molecule has 0 saturated heterocycles. The van der Waals surface area contributed by atoms with Gasteiger partial charge >= 0.3 is 0 Å². The standard InChI is InChI=1S/C17H20FNO2/c1-3-15(19)12-7-9-14(10-8-12)21-11-13-5-4-6-16(20-2)17(13)18/h4-10,15H,3,11,19H2,1-2H3/t15-/m1/s1. The second kappa shape index (κ2) is 7.09. The van der Waals surface area contributed by atoms with Gasteiger partial charge in [0.05, 0.1) is 7.11 Å². The minimum absolute atomic E-state index is 0.0369. The summed E-state index contributed by atoms with van der Waals surface area (Å²) < 4.78 is 24.5. The van der Waals surface area contributed by atoms with Crippen LogP contribution < -0.4 is 15.2 Å². The van der Waals surface area contributed by atoms with Crippen molar-refractivity contribution in [2.24, 2.45) is 5.73 Å². The molecule has 112 valence electrons. The van der Waals surface area contributed by atoms with E-state index in [-0.39, 0.29) is 24.2 Å². The van der Waals surface area contributed by atoms with Crippen LogP contribution in [0, 0.1) is 5.82 Å². The van der Waals surface area contributed by atoms with Crippen LogP contribution in [0.3, 0.4) is 0 Å². The summed E-state index contributed by atoms with van der Waals surface area (Å²) in [7, 11) is 1.44. The summed E-state index contributed by atoms with van der Waals surface area (Å²) in [5.74, 6) is 0.522. The number of halogens is 1. The molecule has 0 amide bonds. The van der Waals surface area contributed by atoms with E-state index < -0.39 is 0 Å². The maximum Gasteiger partial charge on any atom is 0.171 e. The van der Waals surface area contributed by atoms with Crippen LogP contribution in [0.25, 0.3) is 0 Å². The molecule has 0 bridgehead atoms. The molecule has 0 heterocycles. The zero-order valence-electron chi connectivity index (χ0n) is 12.3. The molecule has 2 aromatic carbocycles. The van der Waals surface area contributed by atoms with Crippen molar-refractivity contribution in [1.82, 2.24) is 0 Å². The molecule has 3 nitrogen and oxygen atoms in total. The maximum atomic E-state index is 14.0. The molecule has 0 spiro atoms. The molecule has 0 unspecified atom stereocenters. The Bertz CT molecular complexity index is 584. The number of rotatable bonds is 6. The molecule has 4 heteroatoms. The summed E-state index contributed by atoms with van der Waals surface area (Å²) in [4.78, 5) is 0. The van der Waals surface area contributed by atoms with Crippen molar-refractivity contribution >= 4 is 0 Å². The molecule has 2 rings (SSSR count). The Hall–Kier alpha value is -2.07. The van der Waals surface area contributed by atoms with Gasteiger partial charge in [-0.1, -0.05) is 31.2 Å². The van der Waals surface area contributed by atoms with Crippen molar-refractivity contribution in [2.75, 3.05) is 7.11 Å². The number of benzene rings is 2. The number of ether oxygens (including phenoxy) is 2. The first-order valence-electron chi connectivity index (χ1n) is 6.95. The number of methoxy groups -OCH3 is 1. The molecular formula is C17H20FNO2. The van der Waals surface area contributed by atoms with Gasteiger partial charge in [0, 0.05) is 11.6 Å². The van der Waals surface area contributed by atoms with Crippen LogP contribution >= 0.6 is 0 Å². The molecule has 2 aromatic rings. The molecule has 0 aromatic heterocycles. The fourth-order valence-electron chi connectivity index (χ4n) is 2.03. The first-order chi connectivity index (χ1) is 10.2. The van der Waals surface area contributed by atoms with Crippen LogP contribution in [0.2, 0.25) is 0 Å². The largest absolute Gasteiger partial charge is 0.494 e. The minimum Gasteiger partial charge on any atom is -0.494 e. The summed E-state index contributed by atoms with van der Waals surface area (Å²) in [6, 6.07) is 12.6. The molecule has 0 aliphatic carbocycles. The molecule has 0 radical (unpaired) electrons. The molecule has 0 aliphatic heterocycles. The van der Waals surface area contributed by atoms with Crippen molar-refractivity contribution in [3.05, 3.63) is 59.4 Å². The highest BCUT2D eigenvalue weighted by Crippen LogP contribution is 2.23. The highest BCUT2D eigenvalue weighted by molar-refractivity contribution is 5.32. The van der Waals surface area contributed by atoms with Crippen LogP contribution in [0.15, 0.2) is 42.5 Å². The van der Waals surface area contributed by atoms with Crippen molar-refractivity contribution in [2.45, 2.75) is 26.0 Å².